The molecular weight excluding hydrogens is 630 g/mol. The Balaban J connectivity index is 1.50. The summed E-state index contributed by atoms with van der Waals surface area (Å²) in [4.78, 5) is 28.5. The van der Waals surface area contributed by atoms with Crippen molar-refractivity contribution in [2.24, 2.45) is 11.8 Å². The lowest BCUT2D eigenvalue weighted by Crippen LogP contribution is -2.53. The number of rotatable bonds is 17. The molecule has 0 bridgehead atoms. The molecule has 10 nitrogen and oxygen atoms in total. The molecule has 2 N–H and O–H groups in total. The van der Waals surface area contributed by atoms with Crippen molar-refractivity contribution in [2.75, 3.05) is 33.3 Å². The fourth-order valence-corrected chi connectivity index (χ4v) is 7.47. The number of urea groups is 1. The van der Waals surface area contributed by atoms with E-state index >= 15 is 0 Å². The monoisotopic (exact) mass is 679 g/mol. The SMILES string of the molecule is COc1ccc(S(=O)(=O)N(CC2CCCC2)C[C@@H](O)CN(CCc2ccccc2)C(=O)N[C@H](C(=O)OCc2ccccc2)C(C)C)cc1. The first-order chi connectivity index (χ1) is 23.1. The smallest absolute Gasteiger partial charge is 0.329 e. The third-order valence-electron chi connectivity index (χ3n) is 8.70. The van der Waals surface area contributed by atoms with E-state index in [2.05, 4.69) is 5.32 Å². The second-order valence-electron chi connectivity index (χ2n) is 12.7. The average molecular weight is 680 g/mol. The van der Waals surface area contributed by atoms with E-state index in [1.807, 2.05) is 74.5 Å². The van der Waals surface area contributed by atoms with Gasteiger partial charge in [-0.2, -0.15) is 4.31 Å². The maximum Gasteiger partial charge on any atom is 0.329 e. The van der Waals surface area contributed by atoms with Gasteiger partial charge in [0.25, 0.3) is 0 Å². The van der Waals surface area contributed by atoms with Gasteiger partial charge in [-0.15, -0.1) is 0 Å². The molecule has 1 fully saturated rings. The minimum absolute atomic E-state index is 0.0781. The van der Waals surface area contributed by atoms with Gasteiger partial charge in [0.15, 0.2) is 0 Å². The molecule has 4 rings (SSSR count). The van der Waals surface area contributed by atoms with E-state index in [1.54, 1.807) is 12.1 Å². The van der Waals surface area contributed by atoms with Crippen LogP contribution in [-0.2, 0) is 32.6 Å². The predicted molar refractivity (Wildman–Crippen MR) is 185 cm³/mol. The summed E-state index contributed by atoms with van der Waals surface area (Å²) >= 11 is 0. The normalized spacial score (nSPS) is 14.9. The highest BCUT2D eigenvalue weighted by molar-refractivity contribution is 7.89. The molecule has 0 heterocycles. The Labute approximate surface area is 285 Å². The topological polar surface area (TPSA) is 125 Å². The molecule has 0 aliphatic heterocycles. The van der Waals surface area contributed by atoms with Crippen LogP contribution in [0.25, 0.3) is 0 Å². The van der Waals surface area contributed by atoms with Gasteiger partial charge in [-0.1, -0.05) is 87.4 Å². The standard InChI is InChI=1S/C37H49N3O7S/c1-28(2)35(36(42)47-27-31-16-8-5-9-17-31)38-37(43)39(23-22-29-12-6-4-7-13-29)25-32(41)26-40(24-30-14-10-11-15-30)48(44,45)34-20-18-33(46-3)19-21-34/h4-9,12-13,16-21,28,30,32,35,41H,10-11,14-15,22-27H2,1-3H3,(H,38,43)/t32-,35-/m0/s1. The number of nitrogens with one attached hydrogen (secondary N) is 1. The van der Waals surface area contributed by atoms with Gasteiger partial charge in [-0.25, -0.2) is 18.0 Å². The Kier molecular flexibility index (Phi) is 13.8. The number of sulfonamides is 1. The summed E-state index contributed by atoms with van der Waals surface area (Å²) in [6.07, 6.45) is 3.25. The van der Waals surface area contributed by atoms with Crippen molar-refractivity contribution >= 4 is 22.0 Å². The maximum absolute atomic E-state index is 13.9. The molecule has 1 aliphatic rings. The number of aliphatic hydroxyl groups excluding tert-OH is 1. The van der Waals surface area contributed by atoms with Crippen LogP contribution in [0.5, 0.6) is 5.75 Å². The van der Waals surface area contributed by atoms with Crippen LogP contribution in [0.3, 0.4) is 0 Å². The predicted octanol–water partition coefficient (Wildman–Crippen LogP) is 5.26. The van der Waals surface area contributed by atoms with Crippen LogP contribution in [0.15, 0.2) is 89.8 Å². The summed E-state index contributed by atoms with van der Waals surface area (Å²) in [7, 11) is -2.44. The number of nitrogens with zero attached hydrogens (tertiary/aromatic N) is 2. The number of hydrogen-bond donors (Lipinski definition) is 2. The number of carbonyl (C=O) groups excluding carboxylic acids is 2. The average Bonchev–Trinajstić information content (AvgIpc) is 3.61. The van der Waals surface area contributed by atoms with E-state index in [0.29, 0.717) is 12.2 Å². The third kappa shape index (κ3) is 10.8. The number of amides is 2. The number of ether oxygens (including phenoxy) is 2. The van der Waals surface area contributed by atoms with Crippen LogP contribution in [0.1, 0.15) is 50.7 Å². The third-order valence-corrected chi connectivity index (χ3v) is 10.5. The van der Waals surface area contributed by atoms with E-state index in [4.69, 9.17) is 9.47 Å². The molecular formula is C37H49N3O7S. The van der Waals surface area contributed by atoms with E-state index in [9.17, 15) is 23.1 Å². The number of hydrogen-bond acceptors (Lipinski definition) is 7. The largest absolute Gasteiger partial charge is 0.497 e. The molecule has 2 atom stereocenters. The Morgan fingerprint density at radius 2 is 1.50 bits per heavy atom. The van der Waals surface area contributed by atoms with Gasteiger partial charge in [-0.3, -0.25) is 0 Å². The van der Waals surface area contributed by atoms with Crippen molar-refractivity contribution in [1.29, 1.82) is 0 Å². The Hall–Kier alpha value is -3.93. The molecule has 0 spiro atoms. The zero-order chi connectivity index (χ0) is 34.5. The minimum Gasteiger partial charge on any atom is -0.497 e. The highest BCUT2D eigenvalue weighted by Crippen LogP contribution is 2.28. The number of methoxy groups -OCH3 is 1. The van der Waals surface area contributed by atoms with E-state index in [-0.39, 0.29) is 49.5 Å². The highest BCUT2D eigenvalue weighted by Gasteiger charge is 2.33. The van der Waals surface area contributed by atoms with Gasteiger partial charge in [0.1, 0.15) is 18.4 Å². The zero-order valence-electron chi connectivity index (χ0n) is 28.2. The van der Waals surface area contributed by atoms with Crippen LogP contribution < -0.4 is 10.1 Å². The lowest BCUT2D eigenvalue weighted by Gasteiger charge is -2.31. The lowest BCUT2D eigenvalue weighted by molar-refractivity contribution is -0.148. The molecule has 48 heavy (non-hydrogen) atoms. The molecule has 11 heteroatoms. The van der Waals surface area contributed by atoms with Crippen molar-refractivity contribution in [2.45, 2.75) is 69.6 Å². The van der Waals surface area contributed by atoms with E-state index in [1.165, 1.54) is 28.4 Å². The first-order valence-electron chi connectivity index (χ1n) is 16.7. The van der Waals surface area contributed by atoms with Crippen LogP contribution >= 0.6 is 0 Å². The van der Waals surface area contributed by atoms with Crippen molar-refractivity contribution in [1.82, 2.24) is 14.5 Å². The highest BCUT2D eigenvalue weighted by atomic mass is 32.2. The molecule has 0 unspecified atom stereocenters. The number of aliphatic hydroxyl groups is 1. The van der Waals surface area contributed by atoms with Gasteiger partial charge in [0, 0.05) is 26.2 Å². The summed E-state index contributed by atoms with van der Waals surface area (Å²) in [5.74, 6) is -0.0924. The molecule has 1 aliphatic carbocycles. The molecule has 3 aromatic rings. The van der Waals surface area contributed by atoms with Crippen molar-refractivity contribution in [3.8, 4) is 5.75 Å². The van der Waals surface area contributed by atoms with Crippen LogP contribution in [0.2, 0.25) is 0 Å². The fraction of sp³-hybridized carbons (Fsp3) is 0.459. The summed E-state index contributed by atoms with van der Waals surface area (Å²) in [5, 5.41) is 14.3. The van der Waals surface area contributed by atoms with Crippen molar-refractivity contribution in [3.05, 3.63) is 96.1 Å². The quantitative estimate of drug-likeness (QED) is 0.187. The second-order valence-corrected chi connectivity index (χ2v) is 14.7. The van der Waals surface area contributed by atoms with Gasteiger partial charge < -0.3 is 24.8 Å². The molecule has 0 saturated heterocycles. The van der Waals surface area contributed by atoms with Crippen LogP contribution in [0.4, 0.5) is 4.79 Å². The molecule has 3 aromatic carbocycles. The molecule has 260 valence electrons. The van der Waals surface area contributed by atoms with Crippen molar-refractivity contribution in [3.63, 3.8) is 0 Å². The number of esters is 1. The maximum atomic E-state index is 13.9. The van der Waals surface area contributed by atoms with E-state index in [0.717, 1.165) is 36.8 Å². The molecule has 1 saturated carbocycles. The first kappa shape index (κ1) is 36.9. The summed E-state index contributed by atoms with van der Waals surface area (Å²) in [5.41, 5.74) is 1.83. The van der Waals surface area contributed by atoms with Gasteiger partial charge in [0.2, 0.25) is 10.0 Å². The minimum atomic E-state index is -3.95. The Morgan fingerprint density at radius 3 is 2.08 bits per heavy atom. The Morgan fingerprint density at radius 1 is 0.896 bits per heavy atom. The summed E-state index contributed by atoms with van der Waals surface area (Å²) in [6, 6.07) is 23.7. The van der Waals surface area contributed by atoms with Crippen LogP contribution in [-0.4, -0.2) is 80.2 Å². The lowest BCUT2D eigenvalue weighted by atomic mass is 10.0. The number of carbonyl (C=O) groups is 2. The molecule has 0 aromatic heterocycles. The van der Waals surface area contributed by atoms with Gasteiger partial charge in [-0.05, 0) is 66.5 Å². The first-order valence-corrected chi connectivity index (χ1v) is 18.1. The van der Waals surface area contributed by atoms with Gasteiger partial charge >= 0.3 is 12.0 Å². The fourth-order valence-electron chi connectivity index (χ4n) is 5.92. The summed E-state index contributed by atoms with van der Waals surface area (Å²) in [6.45, 7) is 3.92. The second kappa shape index (κ2) is 18.0. The zero-order valence-corrected chi connectivity index (χ0v) is 29.0. The van der Waals surface area contributed by atoms with E-state index < -0.39 is 34.2 Å². The number of benzene rings is 3. The molecule has 2 amide bonds. The summed E-state index contributed by atoms with van der Waals surface area (Å²) < 4.78 is 39.9. The van der Waals surface area contributed by atoms with Crippen molar-refractivity contribution < 1.29 is 32.6 Å². The Bertz CT molecular complexity index is 1530. The molecule has 0 radical (unpaired) electrons. The van der Waals surface area contributed by atoms with Crippen LogP contribution in [0, 0.1) is 11.8 Å². The van der Waals surface area contributed by atoms with Gasteiger partial charge in [0.05, 0.1) is 18.1 Å².